The molecule has 96 valence electrons. The van der Waals surface area contributed by atoms with E-state index >= 15 is 0 Å². The molecular weight excluding hydrogens is 232 g/mol. The van der Waals surface area contributed by atoms with Crippen LogP contribution in [-0.4, -0.2) is 23.5 Å². The molecule has 5 heteroatoms. The van der Waals surface area contributed by atoms with Crippen LogP contribution in [0.25, 0.3) is 0 Å². The number of amides is 1. The smallest absolute Gasteiger partial charge is 0.303 e. The number of nitrogens with zero attached hydrogens (tertiary/aromatic N) is 1. The highest BCUT2D eigenvalue weighted by Gasteiger charge is 2.26. The summed E-state index contributed by atoms with van der Waals surface area (Å²) in [6, 6.07) is 5.46. The van der Waals surface area contributed by atoms with Crippen molar-refractivity contribution in [1.29, 1.82) is 0 Å². The number of hydrogen-bond acceptors (Lipinski definition) is 3. The molecule has 1 aliphatic rings. The van der Waals surface area contributed by atoms with Crippen LogP contribution in [0, 0.1) is 0 Å². The van der Waals surface area contributed by atoms with Gasteiger partial charge in [-0.15, -0.1) is 0 Å². The lowest BCUT2D eigenvalue weighted by molar-refractivity contribution is -0.137. The number of carboxylic acids is 1. The normalized spacial score (nSPS) is 13.8. The van der Waals surface area contributed by atoms with Crippen molar-refractivity contribution in [1.82, 2.24) is 0 Å². The van der Waals surface area contributed by atoms with E-state index in [1.165, 1.54) is 0 Å². The zero-order chi connectivity index (χ0) is 13.1. The zero-order valence-electron chi connectivity index (χ0n) is 10.1. The van der Waals surface area contributed by atoms with Crippen molar-refractivity contribution < 1.29 is 14.7 Å². The van der Waals surface area contributed by atoms with Crippen LogP contribution >= 0.6 is 0 Å². The molecule has 0 saturated carbocycles. The van der Waals surface area contributed by atoms with Crippen LogP contribution in [0.4, 0.5) is 11.4 Å². The summed E-state index contributed by atoms with van der Waals surface area (Å²) in [7, 11) is 0. The van der Waals surface area contributed by atoms with E-state index in [9.17, 15) is 9.59 Å². The van der Waals surface area contributed by atoms with Gasteiger partial charge in [-0.05, 0) is 36.6 Å². The molecule has 0 fully saturated rings. The number of carbonyl (C=O) groups is 2. The molecule has 3 N–H and O–H groups in total. The molecule has 5 nitrogen and oxygen atoms in total. The van der Waals surface area contributed by atoms with Crippen molar-refractivity contribution in [3.05, 3.63) is 23.8 Å². The highest BCUT2D eigenvalue weighted by Crippen LogP contribution is 2.30. The summed E-state index contributed by atoms with van der Waals surface area (Å²) in [4.78, 5) is 24.0. The Bertz CT molecular complexity index is 485. The first-order valence-electron chi connectivity index (χ1n) is 5.98. The zero-order valence-corrected chi connectivity index (χ0v) is 10.1. The topological polar surface area (TPSA) is 83.6 Å². The average molecular weight is 248 g/mol. The molecule has 1 heterocycles. The predicted octanol–water partition coefficient (Wildman–Crippen LogP) is 1.41. The molecule has 0 unspecified atom stereocenters. The van der Waals surface area contributed by atoms with Gasteiger partial charge in [-0.2, -0.15) is 0 Å². The van der Waals surface area contributed by atoms with Gasteiger partial charge in [0.1, 0.15) is 0 Å². The molecule has 1 aromatic carbocycles. The third-order valence-corrected chi connectivity index (χ3v) is 3.06. The van der Waals surface area contributed by atoms with E-state index in [0.717, 1.165) is 11.3 Å². The molecule has 0 saturated heterocycles. The first kappa shape index (κ1) is 12.4. The van der Waals surface area contributed by atoms with Gasteiger partial charge in [0.05, 0.1) is 6.42 Å². The highest BCUT2D eigenvalue weighted by molar-refractivity contribution is 6.01. The van der Waals surface area contributed by atoms with Crippen LogP contribution in [0.1, 0.15) is 24.8 Å². The van der Waals surface area contributed by atoms with E-state index in [1.54, 1.807) is 11.0 Å². The number of carboxylic acid groups (broad SMARTS) is 1. The fraction of sp³-hybridized carbons (Fsp3) is 0.385. The van der Waals surface area contributed by atoms with Gasteiger partial charge < -0.3 is 15.7 Å². The van der Waals surface area contributed by atoms with Gasteiger partial charge in [-0.1, -0.05) is 0 Å². The molecule has 1 aliphatic heterocycles. The molecular formula is C13H16N2O3. The maximum atomic E-state index is 11.8. The molecule has 0 spiro atoms. The number of unbranched alkanes of at least 4 members (excludes halogenated alkanes) is 1. The maximum Gasteiger partial charge on any atom is 0.303 e. The first-order valence-corrected chi connectivity index (χ1v) is 5.98. The van der Waals surface area contributed by atoms with E-state index in [1.807, 2.05) is 12.1 Å². The molecule has 1 aromatic rings. The van der Waals surface area contributed by atoms with Crippen LogP contribution in [-0.2, 0) is 16.0 Å². The summed E-state index contributed by atoms with van der Waals surface area (Å²) in [5, 5.41) is 8.55. The molecule has 0 radical (unpaired) electrons. The van der Waals surface area contributed by atoms with Crippen LogP contribution in [0.15, 0.2) is 18.2 Å². The van der Waals surface area contributed by atoms with E-state index < -0.39 is 5.97 Å². The summed E-state index contributed by atoms with van der Waals surface area (Å²) in [6.45, 7) is 0.572. The molecule has 2 rings (SSSR count). The second-order valence-corrected chi connectivity index (χ2v) is 4.46. The number of nitrogens with two attached hydrogens (primary N) is 1. The minimum absolute atomic E-state index is 0.0610. The Morgan fingerprint density at radius 1 is 1.39 bits per heavy atom. The Balaban J connectivity index is 1.98. The van der Waals surface area contributed by atoms with Crippen LogP contribution in [0.3, 0.4) is 0 Å². The predicted molar refractivity (Wildman–Crippen MR) is 68.4 cm³/mol. The minimum atomic E-state index is -0.795. The largest absolute Gasteiger partial charge is 0.481 e. The van der Waals surface area contributed by atoms with E-state index in [-0.39, 0.29) is 12.3 Å². The number of benzene rings is 1. The lowest BCUT2D eigenvalue weighted by Gasteiger charge is -2.17. The van der Waals surface area contributed by atoms with Gasteiger partial charge >= 0.3 is 5.97 Å². The van der Waals surface area contributed by atoms with E-state index in [0.29, 0.717) is 31.5 Å². The van der Waals surface area contributed by atoms with Crippen molar-refractivity contribution in [2.75, 3.05) is 17.2 Å². The summed E-state index contributed by atoms with van der Waals surface area (Å²) >= 11 is 0. The van der Waals surface area contributed by atoms with E-state index in [2.05, 4.69) is 0 Å². The molecule has 0 aliphatic carbocycles. The third-order valence-electron chi connectivity index (χ3n) is 3.06. The second-order valence-electron chi connectivity index (χ2n) is 4.46. The molecule has 0 atom stereocenters. The van der Waals surface area contributed by atoms with Crippen LogP contribution < -0.4 is 10.6 Å². The van der Waals surface area contributed by atoms with Gasteiger partial charge in [0.25, 0.3) is 0 Å². The number of hydrogen-bond donors (Lipinski definition) is 2. The van der Waals surface area contributed by atoms with Crippen LogP contribution in [0.5, 0.6) is 0 Å². The maximum absolute atomic E-state index is 11.8. The number of nitrogen functional groups attached to an aromatic ring is 1. The van der Waals surface area contributed by atoms with Crippen molar-refractivity contribution in [2.45, 2.75) is 25.7 Å². The second kappa shape index (κ2) is 5.08. The van der Waals surface area contributed by atoms with Gasteiger partial charge in [-0.25, -0.2) is 0 Å². The number of fused-ring (bicyclic) bond motifs is 1. The minimum Gasteiger partial charge on any atom is -0.481 e. The van der Waals surface area contributed by atoms with Crippen molar-refractivity contribution >= 4 is 23.3 Å². The number of rotatable bonds is 5. The Kier molecular flexibility index (Phi) is 3.50. The van der Waals surface area contributed by atoms with Crippen molar-refractivity contribution in [3.8, 4) is 0 Å². The fourth-order valence-corrected chi connectivity index (χ4v) is 2.19. The Labute approximate surface area is 105 Å². The summed E-state index contributed by atoms with van der Waals surface area (Å²) < 4.78 is 0. The number of carbonyl (C=O) groups excluding carboxylic acids is 1. The monoisotopic (exact) mass is 248 g/mol. The average Bonchev–Trinajstić information content (AvgIpc) is 2.59. The lowest BCUT2D eigenvalue weighted by Crippen LogP contribution is -2.27. The SMILES string of the molecule is Nc1ccc2c(c1)CC(=O)N2CCCCC(=O)O. The summed E-state index contributed by atoms with van der Waals surface area (Å²) in [5.41, 5.74) is 8.21. The lowest BCUT2D eigenvalue weighted by atomic mass is 10.1. The van der Waals surface area contributed by atoms with Gasteiger partial charge in [-0.3, -0.25) is 9.59 Å². The number of anilines is 2. The first-order chi connectivity index (χ1) is 8.58. The third kappa shape index (κ3) is 2.61. The summed E-state index contributed by atoms with van der Waals surface area (Å²) in [6.07, 6.45) is 1.82. The van der Waals surface area contributed by atoms with Gasteiger partial charge in [0, 0.05) is 24.3 Å². The molecule has 0 bridgehead atoms. The molecule has 0 aromatic heterocycles. The number of aliphatic carboxylic acids is 1. The van der Waals surface area contributed by atoms with E-state index in [4.69, 9.17) is 10.8 Å². The standard InChI is InChI=1S/C13H16N2O3/c14-10-4-5-11-9(7-10)8-12(16)15(11)6-2-1-3-13(17)18/h4-5,7H,1-3,6,8,14H2,(H,17,18). The molecule has 18 heavy (non-hydrogen) atoms. The van der Waals surface area contributed by atoms with Gasteiger partial charge in [0.15, 0.2) is 0 Å². The van der Waals surface area contributed by atoms with Crippen molar-refractivity contribution in [2.24, 2.45) is 0 Å². The Morgan fingerprint density at radius 2 is 2.17 bits per heavy atom. The van der Waals surface area contributed by atoms with Crippen LogP contribution in [0.2, 0.25) is 0 Å². The Hall–Kier alpha value is -2.04. The molecule has 1 amide bonds. The van der Waals surface area contributed by atoms with Crippen molar-refractivity contribution in [3.63, 3.8) is 0 Å². The summed E-state index contributed by atoms with van der Waals surface area (Å²) in [5.74, 6) is -0.734. The Morgan fingerprint density at radius 3 is 2.89 bits per heavy atom. The highest BCUT2D eigenvalue weighted by atomic mass is 16.4. The van der Waals surface area contributed by atoms with Gasteiger partial charge in [0.2, 0.25) is 5.91 Å². The quantitative estimate of drug-likeness (QED) is 0.609. The fourth-order valence-electron chi connectivity index (χ4n) is 2.19.